The van der Waals surface area contributed by atoms with Gasteiger partial charge in [-0.2, -0.15) is 0 Å². The Kier molecular flexibility index (Phi) is 6.88. The molecule has 8 N–H and O–H groups in total. The van der Waals surface area contributed by atoms with Crippen molar-refractivity contribution in [3.63, 3.8) is 0 Å². The first-order valence-corrected chi connectivity index (χ1v) is 10.4. The van der Waals surface area contributed by atoms with Crippen LogP contribution in [-0.2, 0) is 21.6 Å². The quantitative estimate of drug-likeness (QED) is 0.127. The molecule has 0 aliphatic carbocycles. The van der Waals surface area contributed by atoms with E-state index in [4.69, 9.17) is 10.8 Å². The highest BCUT2D eigenvalue weighted by Gasteiger charge is 2.51. The number of fused-ring (bicyclic) bond motifs is 1. The van der Waals surface area contributed by atoms with Crippen LogP contribution < -0.4 is 26.7 Å². The molecule has 2 unspecified atom stereocenters. The summed E-state index contributed by atoms with van der Waals surface area (Å²) in [5, 5.41) is 47.3. The number of H-pyrrole nitrogens is 1. The number of anilines is 2. The summed E-state index contributed by atoms with van der Waals surface area (Å²) in [6, 6.07) is 6.27. The SMILES string of the molecule is CC(=O)[C@@H](CCNC(=O)c1ccc(CCC2(O)c3c([n+]([O-])c(N)[nH]c3=O)NC2O)cc1)C(=O)O. The molecule has 1 aliphatic rings. The summed E-state index contributed by atoms with van der Waals surface area (Å²) in [5.74, 6) is -4.17. The van der Waals surface area contributed by atoms with Gasteiger partial charge in [0.2, 0.25) is 5.82 Å². The van der Waals surface area contributed by atoms with E-state index in [2.05, 4.69) is 15.6 Å². The van der Waals surface area contributed by atoms with E-state index in [1.165, 1.54) is 19.1 Å². The molecule has 0 bridgehead atoms. The summed E-state index contributed by atoms with van der Waals surface area (Å²) < 4.78 is 0.181. The number of amides is 1. The molecule has 34 heavy (non-hydrogen) atoms. The Bertz CT molecular complexity index is 1160. The number of nitrogens with zero attached hydrogens (tertiary/aromatic N) is 1. The number of carbonyl (C=O) groups is 3. The van der Waals surface area contributed by atoms with E-state index in [1.54, 1.807) is 12.1 Å². The van der Waals surface area contributed by atoms with E-state index in [9.17, 15) is 34.6 Å². The van der Waals surface area contributed by atoms with Gasteiger partial charge in [0.15, 0.2) is 11.8 Å². The molecule has 1 aliphatic heterocycles. The van der Waals surface area contributed by atoms with Gasteiger partial charge in [-0.15, -0.1) is 0 Å². The Morgan fingerprint density at radius 2 is 1.94 bits per heavy atom. The number of benzene rings is 1. The number of aliphatic carboxylic acids is 1. The monoisotopic (exact) mass is 475 g/mol. The summed E-state index contributed by atoms with van der Waals surface area (Å²) >= 11 is 0. The van der Waals surface area contributed by atoms with Crippen molar-refractivity contribution in [3.8, 4) is 0 Å². The highest BCUT2D eigenvalue weighted by atomic mass is 16.5. The molecule has 2 aromatic rings. The van der Waals surface area contributed by atoms with Crippen molar-refractivity contribution in [2.75, 3.05) is 17.6 Å². The van der Waals surface area contributed by atoms with Crippen molar-refractivity contribution in [2.45, 2.75) is 38.0 Å². The average Bonchev–Trinajstić information content (AvgIpc) is 3.04. The van der Waals surface area contributed by atoms with Crippen LogP contribution in [0, 0.1) is 11.1 Å². The first-order chi connectivity index (χ1) is 16.0. The largest absolute Gasteiger partial charge is 0.754 e. The number of nitrogens with one attached hydrogen (secondary N) is 3. The molecule has 3 atom stereocenters. The van der Waals surface area contributed by atoms with Gasteiger partial charge >= 0.3 is 17.5 Å². The number of carboxylic acid groups (broad SMARTS) is 1. The van der Waals surface area contributed by atoms with Crippen molar-refractivity contribution < 1.29 is 34.4 Å². The van der Waals surface area contributed by atoms with E-state index in [-0.39, 0.29) is 41.9 Å². The molecule has 13 heteroatoms. The molecular formula is C21H25N5O8. The van der Waals surface area contributed by atoms with Gasteiger partial charge in [0, 0.05) is 12.1 Å². The number of aromatic amines is 1. The number of rotatable bonds is 9. The maximum absolute atomic E-state index is 12.3. The number of carboxylic acids is 1. The normalized spacial score (nSPS) is 19.7. The molecule has 1 aromatic heterocycles. The highest BCUT2D eigenvalue weighted by molar-refractivity contribution is 5.97. The lowest BCUT2D eigenvalue weighted by molar-refractivity contribution is -0.577. The fourth-order valence-corrected chi connectivity index (χ4v) is 3.83. The molecule has 0 spiro atoms. The van der Waals surface area contributed by atoms with Crippen molar-refractivity contribution in [2.24, 2.45) is 5.92 Å². The first-order valence-electron chi connectivity index (χ1n) is 10.4. The number of aliphatic hydroxyl groups is 2. The second kappa shape index (κ2) is 9.49. The highest BCUT2D eigenvalue weighted by Crippen LogP contribution is 2.37. The lowest BCUT2D eigenvalue weighted by Gasteiger charge is -2.24. The maximum atomic E-state index is 12.3. The Hall–Kier alpha value is -3.97. The molecule has 3 rings (SSSR count). The Morgan fingerprint density at radius 3 is 2.53 bits per heavy atom. The smallest absolute Gasteiger partial charge is 0.314 e. The van der Waals surface area contributed by atoms with Gasteiger partial charge in [0.05, 0.1) is 0 Å². The van der Waals surface area contributed by atoms with Crippen molar-refractivity contribution in [1.82, 2.24) is 10.3 Å². The standard InChI is InChI=1S/C21H25N5O8/c1-10(27)13(18(30)31)7-9-23-16(28)12-4-2-11(3-5-12)6-8-21(33)14-15(24-19(21)32)26(34)20(22)25-17(14)29/h2-5,13,19,24,32-33H,6-9H2,1H3,(H,23,28)(H,30,31)(H3,22,25,29)/t13-,19?,21?/m1/s1. The zero-order valence-corrected chi connectivity index (χ0v) is 18.2. The molecule has 1 amide bonds. The van der Waals surface area contributed by atoms with E-state index >= 15 is 0 Å². The van der Waals surface area contributed by atoms with Crippen molar-refractivity contribution >= 4 is 29.4 Å². The van der Waals surface area contributed by atoms with Crippen molar-refractivity contribution in [3.05, 3.63) is 56.5 Å². The van der Waals surface area contributed by atoms with Crippen molar-refractivity contribution in [1.29, 1.82) is 0 Å². The molecule has 0 radical (unpaired) electrons. The molecule has 182 valence electrons. The summed E-state index contributed by atoms with van der Waals surface area (Å²) in [6.07, 6.45) is -1.56. The molecule has 2 heterocycles. The minimum Gasteiger partial charge on any atom is -0.754 e. The van der Waals surface area contributed by atoms with Gasteiger partial charge in [-0.3, -0.25) is 24.5 Å². The Balaban J connectivity index is 1.63. The molecular weight excluding hydrogens is 450 g/mol. The van der Waals surface area contributed by atoms with Crippen LogP contribution in [0.25, 0.3) is 0 Å². The number of aromatic nitrogens is 2. The van der Waals surface area contributed by atoms with E-state index in [0.29, 0.717) is 11.1 Å². The number of carbonyl (C=O) groups excluding carboxylic acids is 2. The van der Waals surface area contributed by atoms with Crippen LogP contribution in [0.1, 0.15) is 41.3 Å². The number of hydrogen-bond donors (Lipinski definition) is 7. The van der Waals surface area contributed by atoms with Gasteiger partial charge < -0.3 is 31.6 Å². The Morgan fingerprint density at radius 1 is 1.29 bits per heavy atom. The molecule has 13 nitrogen and oxygen atoms in total. The maximum Gasteiger partial charge on any atom is 0.314 e. The fourth-order valence-electron chi connectivity index (χ4n) is 3.83. The summed E-state index contributed by atoms with van der Waals surface area (Å²) in [4.78, 5) is 49.0. The van der Waals surface area contributed by atoms with E-state index in [0.717, 1.165) is 0 Å². The van der Waals surface area contributed by atoms with Gasteiger partial charge in [-0.05, 0) is 43.9 Å². The second-order valence-electron chi connectivity index (χ2n) is 8.07. The third-order valence-electron chi connectivity index (χ3n) is 5.80. The lowest BCUT2D eigenvalue weighted by atomic mass is 9.89. The molecule has 0 saturated heterocycles. The van der Waals surface area contributed by atoms with E-state index in [1.807, 2.05) is 0 Å². The lowest BCUT2D eigenvalue weighted by Crippen LogP contribution is -2.42. The topological polar surface area (TPSA) is 222 Å². The van der Waals surface area contributed by atoms with Gasteiger partial charge in [0.1, 0.15) is 17.3 Å². The summed E-state index contributed by atoms with van der Waals surface area (Å²) in [5.41, 5.74) is 3.23. The third-order valence-corrected chi connectivity index (χ3v) is 5.80. The van der Waals surface area contributed by atoms with E-state index < -0.39 is 46.9 Å². The third kappa shape index (κ3) is 4.70. The number of ketones is 1. The average molecular weight is 475 g/mol. The minimum atomic E-state index is -2.05. The first kappa shape index (κ1) is 24.7. The second-order valence-corrected chi connectivity index (χ2v) is 8.07. The number of hydrogen-bond acceptors (Lipinski definition) is 9. The minimum absolute atomic E-state index is 0.00718. The van der Waals surface area contributed by atoms with Gasteiger partial charge in [-0.1, -0.05) is 12.1 Å². The number of nitrogens with two attached hydrogens (primary N) is 1. The van der Waals surface area contributed by atoms with Gasteiger partial charge in [0.25, 0.3) is 5.91 Å². The number of aryl methyl sites for hydroxylation is 1. The van der Waals surface area contributed by atoms with Crippen LogP contribution in [0.4, 0.5) is 11.8 Å². The number of nitrogen functional groups attached to an aromatic ring is 1. The van der Waals surface area contributed by atoms with Crippen LogP contribution in [0.5, 0.6) is 0 Å². The summed E-state index contributed by atoms with van der Waals surface area (Å²) in [6.45, 7) is 1.19. The molecule has 0 fully saturated rings. The number of aliphatic hydroxyl groups excluding tert-OH is 1. The molecule has 0 saturated carbocycles. The van der Waals surface area contributed by atoms with Crippen LogP contribution in [0.3, 0.4) is 0 Å². The van der Waals surface area contributed by atoms with Crippen LogP contribution in [0.15, 0.2) is 29.1 Å². The number of Topliss-reactive ketones (excluding diaryl/α,β-unsaturated/α-hetero) is 1. The predicted molar refractivity (Wildman–Crippen MR) is 117 cm³/mol. The van der Waals surface area contributed by atoms with Crippen LogP contribution >= 0.6 is 0 Å². The summed E-state index contributed by atoms with van der Waals surface area (Å²) in [7, 11) is 0. The zero-order chi connectivity index (χ0) is 25.2. The van der Waals surface area contributed by atoms with Crippen LogP contribution in [0.2, 0.25) is 0 Å². The predicted octanol–water partition coefficient (Wildman–Crippen LogP) is -1.44. The zero-order valence-electron chi connectivity index (χ0n) is 18.2. The molecule has 1 aromatic carbocycles. The Labute approximate surface area is 192 Å². The fraction of sp³-hybridized carbons (Fsp3) is 0.381. The van der Waals surface area contributed by atoms with Gasteiger partial charge in [-0.25, -0.2) is 9.71 Å². The van der Waals surface area contributed by atoms with Crippen LogP contribution in [-0.4, -0.2) is 50.7 Å².